The van der Waals surface area contributed by atoms with E-state index in [9.17, 15) is 13.2 Å². The van der Waals surface area contributed by atoms with Gasteiger partial charge in [-0.25, -0.2) is 13.4 Å². The average Bonchev–Trinajstić information content (AvgIpc) is 3.48. The number of aryl methyl sites for hydroxylation is 2. The molecule has 3 aromatic rings. The molecule has 1 atom stereocenters. The van der Waals surface area contributed by atoms with Gasteiger partial charge in [0.2, 0.25) is 5.91 Å². The first-order valence-corrected chi connectivity index (χ1v) is 13.4. The van der Waals surface area contributed by atoms with Crippen molar-refractivity contribution in [2.24, 2.45) is 0 Å². The lowest BCUT2D eigenvalue weighted by Gasteiger charge is -2.23. The molecule has 0 spiro atoms. The number of rotatable bonds is 8. The van der Waals surface area contributed by atoms with Crippen LogP contribution in [0.3, 0.4) is 0 Å². The van der Waals surface area contributed by atoms with Crippen LogP contribution in [0.4, 0.5) is 5.13 Å². The molecule has 2 heterocycles. The van der Waals surface area contributed by atoms with E-state index in [-0.39, 0.29) is 29.1 Å². The van der Waals surface area contributed by atoms with Crippen LogP contribution in [0.25, 0.3) is 10.2 Å². The average molecular weight is 489 g/mol. The van der Waals surface area contributed by atoms with E-state index in [0.717, 1.165) is 34.2 Å². The number of carbonyl (C=O) groups is 1. The highest BCUT2D eigenvalue weighted by Gasteiger charge is 2.28. The van der Waals surface area contributed by atoms with Crippen LogP contribution in [0.1, 0.15) is 30.4 Å². The molecule has 1 aromatic heterocycles. The largest absolute Gasteiger partial charge is 0.497 e. The van der Waals surface area contributed by atoms with Crippen LogP contribution < -0.4 is 9.64 Å². The Morgan fingerprint density at radius 1 is 1.21 bits per heavy atom. The van der Waals surface area contributed by atoms with E-state index in [0.29, 0.717) is 24.0 Å². The number of hydrogen-bond donors (Lipinski definition) is 0. The standard InChI is InChI=1S/C24H28N2O5S2/c1-16-6-11-21-23(17(16)2)25-24(32-21)26(15-19-5-4-13-31-19)22(27)12-14-33(28,29)20-9-7-18(30-3)8-10-20/h6-11,19H,4-5,12-15H2,1-3H3. The zero-order valence-electron chi connectivity index (χ0n) is 19.0. The maximum absolute atomic E-state index is 13.3. The molecule has 1 unspecified atom stereocenters. The summed E-state index contributed by atoms with van der Waals surface area (Å²) in [6, 6.07) is 10.3. The highest BCUT2D eigenvalue weighted by molar-refractivity contribution is 7.91. The summed E-state index contributed by atoms with van der Waals surface area (Å²) in [6.45, 7) is 5.11. The van der Waals surface area contributed by atoms with Crippen molar-refractivity contribution in [1.82, 2.24) is 4.98 Å². The Morgan fingerprint density at radius 2 is 1.97 bits per heavy atom. The number of sulfone groups is 1. The van der Waals surface area contributed by atoms with Gasteiger partial charge in [-0.15, -0.1) is 0 Å². The third kappa shape index (κ3) is 5.20. The van der Waals surface area contributed by atoms with Crippen LogP contribution in [-0.4, -0.2) is 51.4 Å². The minimum atomic E-state index is -3.61. The van der Waals surface area contributed by atoms with E-state index in [4.69, 9.17) is 14.5 Å². The second-order valence-electron chi connectivity index (χ2n) is 8.23. The van der Waals surface area contributed by atoms with Crippen LogP contribution in [0, 0.1) is 13.8 Å². The van der Waals surface area contributed by atoms with Gasteiger partial charge >= 0.3 is 0 Å². The van der Waals surface area contributed by atoms with Gasteiger partial charge < -0.3 is 9.47 Å². The molecule has 1 amide bonds. The Kier molecular flexibility index (Phi) is 7.02. The normalized spacial score (nSPS) is 16.3. The zero-order chi connectivity index (χ0) is 23.6. The first kappa shape index (κ1) is 23.7. The molecule has 0 radical (unpaired) electrons. The zero-order valence-corrected chi connectivity index (χ0v) is 20.7. The number of fused-ring (bicyclic) bond motifs is 1. The van der Waals surface area contributed by atoms with Crippen LogP contribution in [0.2, 0.25) is 0 Å². The second kappa shape index (κ2) is 9.79. The Hall–Kier alpha value is -2.49. The summed E-state index contributed by atoms with van der Waals surface area (Å²) in [4.78, 5) is 19.8. The van der Waals surface area contributed by atoms with Gasteiger partial charge in [-0.05, 0) is 68.1 Å². The third-order valence-corrected chi connectivity index (χ3v) is 8.79. The van der Waals surface area contributed by atoms with Crippen molar-refractivity contribution in [2.45, 2.75) is 44.1 Å². The number of carbonyl (C=O) groups excluding carboxylic acids is 1. The Morgan fingerprint density at radius 3 is 2.64 bits per heavy atom. The second-order valence-corrected chi connectivity index (χ2v) is 11.4. The number of methoxy groups -OCH3 is 1. The highest BCUT2D eigenvalue weighted by atomic mass is 32.2. The first-order valence-electron chi connectivity index (χ1n) is 10.9. The molecule has 1 saturated heterocycles. The molecule has 1 aliphatic rings. The van der Waals surface area contributed by atoms with Crippen molar-refractivity contribution >= 4 is 42.4 Å². The predicted molar refractivity (Wildman–Crippen MR) is 130 cm³/mol. The lowest BCUT2D eigenvalue weighted by atomic mass is 10.1. The Labute approximate surface area is 198 Å². The number of benzene rings is 2. The van der Waals surface area contributed by atoms with Crippen molar-refractivity contribution in [2.75, 3.05) is 30.9 Å². The molecule has 1 fully saturated rings. The van der Waals surface area contributed by atoms with Gasteiger partial charge in [0.05, 0.1) is 40.6 Å². The summed E-state index contributed by atoms with van der Waals surface area (Å²) in [5.74, 6) is 0.0357. The number of aromatic nitrogens is 1. The summed E-state index contributed by atoms with van der Waals surface area (Å²) < 4.78 is 37.5. The first-order chi connectivity index (χ1) is 15.8. The van der Waals surface area contributed by atoms with Crippen molar-refractivity contribution < 1.29 is 22.7 Å². The van der Waals surface area contributed by atoms with Crippen LogP contribution >= 0.6 is 11.3 Å². The topological polar surface area (TPSA) is 85.8 Å². The predicted octanol–water partition coefficient (Wildman–Crippen LogP) is 4.30. The molecular formula is C24H28N2O5S2. The smallest absolute Gasteiger partial charge is 0.229 e. The van der Waals surface area contributed by atoms with E-state index in [1.807, 2.05) is 26.0 Å². The maximum Gasteiger partial charge on any atom is 0.229 e. The molecule has 0 aliphatic carbocycles. The summed E-state index contributed by atoms with van der Waals surface area (Å²) in [7, 11) is -2.09. The fourth-order valence-electron chi connectivity index (χ4n) is 3.87. The van der Waals surface area contributed by atoms with Gasteiger partial charge in [-0.2, -0.15) is 0 Å². The molecule has 176 valence electrons. The van der Waals surface area contributed by atoms with Gasteiger partial charge in [-0.1, -0.05) is 17.4 Å². The van der Waals surface area contributed by atoms with E-state index in [2.05, 4.69) is 0 Å². The Bertz CT molecular complexity index is 1250. The maximum atomic E-state index is 13.3. The SMILES string of the molecule is COc1ccc(S(=O)(=O)CCC(=O)N(CC2CCCO2)c2nc3c(C)c(C)ccc3s2)cc1. The van der Waals surface area contributed by atoms with Crippen LogP contribution in [-0.2, 0) is 19.4 Å². The number of anilines is 1. The quantitative estimate of drug-likeness (QED) is 0.470. The monoisotopic (exact) mass is 488 g/mol. The van der Waals surface area contributed by atoms with Gasteiger partial charge in [-0.3, -0.25) is 9.69 Å². The minimum Gasteiger partial charge on any atom is -0.497 e. The molecule has 7 nitrogen and oxygen atoms in total. The number of ether oxygens (including phenoxy) is 2. The highest BCUT2D eigenvalue weighted by Crippen LogP contribution is 2.33. The van der Waals surface area contributed by atoms with E-state index >= 15 is 0 Å². The number of hydrogen-bond acceptors (Lipinski definition) is 7. The molecule has 4 rings (SSSR count). The molecule has 0 N–H and O–H groups in total. The lowest BCUT2D eigenvalue weighted by molar-refractivity contribution is -0.118. The summed E-state index contributed by atoms with van der Waals surface area (Å²) in [6.07, 6.45) is 1.63. The number of thiazole rings is 1. The molecule has 0 saturated carbocycles. The fourth-order valence-corrected chi connectivity index (χ4v) is 6.15. The van der Waals surface area contributed by atoms with Gasteiger partial charge in [0, 0.05) is 13.0 Å². The Balaban J connectivity index is 1.56. The van der Waals surface area contributed by atoms with E-state index in [1.54, 1.807) is 17.0 Å². The summed E-state index contributed by atoms with van der Waals surface area (Å²) in [5, 5.41) is 0.584. The summed E-state index contributed by atoms with van der Waals surface area (Å²) in [5.41, 5.74) is 3.11. The van der Waals surface area contributed by atoms with Crippen molar-refractivity contribution in [3.8, 4) is 5.75 Å². The third-order valence-electron chi connectivity index (χ3n) is 6.02. The minimum absolute atomic E-state index is 0.0676. The fraction of sp³-hybridized carbons (Fsp3) is 0.417. The van der Waals surface area contributed by atoms with Gasteiger partial charge in [0.15, 0.2) is 15.0 Å². The molecule has 9 heteroatoms. The van der Waals surface area contributed by atoms with Crippen molar-refractivity contribution in [1.29, 1.82) is 0 Å². The van der Waals surface area contributed by atoms with Gasteiger partial charge in [0.25, 0.3) is 0 Å². The molecule has 1 aliphatic heterocycles. The van der Waals surface area contributed by atoms with Crippen molar-refractivity contribution in [3.05, 3.63) is 47.5 Å². The molecule has 0 bridgehead atoms. The number of amides is 1. The summed E-state index contributed by atoms with van der Waals surface area (Å²) >= 11 is 1.45. The lowest BCUT2D eigenvalue weighted by Crippen LogP contribution is -2.38. The van der Waals surface area contributed by atoms with Crippen LogP contribution in [0.5, 0.6) is 5.75 Å². The van der Waals surface area contributed by atoms with E-state index in [1.165, 1.54) is 30.6 Å². The molecule has 2 aromatic carbocycles. The molecular weight excluding hydrogens is 460 g/mol. The van der Waals surface area contributed by atoms with E-state index < -0.39 is 9.84 Å². The van der Waals surface area contributed by atoms with Gasteiger partial charge in [0.1, 0.15) is 5.75 Å². The van der Waals surface area contributed by atoms with Crippen molar-refractivity contribution in [3.63, 3.8) is 0 Å². The molecule has 33 heavy (non-hydrogen) atoms. The van der Waals surface area contributed by atoms with Crippen LogP contribution in [0.15, 0.2) is 41.3 Å². The number of nitrogens with zero attached hydrogens (tertiary/aromatic N) is 2.